The van der Waals surface area contributed by atoms with Crippen LogP contribution in [0.5, 0.6) is 0 Å². The fraction of sp³-hybridized carbons (Fsp3) is 0.588. The lowest BCUT2D eigenvalue weighted by molar-refractivity contribution is 0.238. The normalized spacial score (nSPS) is 18.1. The van der Waals surface area contributed by atoms with Crippen molar-refractivity contribution in [3.63, 3.8) is 0 Å². The number of hydrogen-bond donors (Lipinski definition) is 0. The number of likely N-dealkylation sites (tertiary alicyclic amines) is 1. The van der Waals surface area contributed by atoms with Gasteiger partial charge < -0.3 is 14.4 Å². The summed E-state index contributed by atoms with van der Waals surface area (Å²) in [6.07, 6.45) is 4.31. The lowest BCUT2D eigenvalue weighted by Crippen LogP contribution is -2.25. The summed E-state index contributed by atoms with van der Waals surface area (Å²) in [6, 6.07) is 4.50. The van der Waals surface area contributed by atoms with Gasteiger partial charge in [0.1, 0.15) is 0 Å². The Morgan fingerprint density at radius 1 is 1.12 bits per heavy atom. The molecule has 1 aliphatic heterocycles. The Balaban J connectivity index is 1.76. The molecule has 1 saturated heterocycles. The van der Waals surface area contributed by atoms with Crippen LogP contribution in [0.25, 0.3) is 0 Å². The number of nitrogens with zero attached hydrogens (tertiary/aromatic N) is 7. The monoisotopic (exact) mass is 329 g/mol. The molecule has 0 saturated carbocycles. The number of hydrogen-bond acceptors (Lipinski definition) is 6. The summed E-state index contributed by atoms with van der Waals surface area (Å²) in [5, 5.41) is 8.80. The van der Waals surface area contributed by atoms with Crippen molar-refractivity contribution in [1.82, 2.24) is 24.6 Å². The molecule has 1 aliphatic rings. The maximum atomic E-state index is 4.51. The van der Waals surface area contributed by atoms with Crippen molar-refractivity contribution in [2.75, 3.05) is 44.5 Å². The Labute approximate surface area is 143 Å². The molecule has 1 unspecified atom stereocenters. The quantitative estimate of drug-likeness (QED) is 0.832. The third kappa shape index (κ3) is 3.21. The second-order valence-electron chi connectivity index (χ2n) is 6.84. The Morgan fingerprint density at radius 2 is 1.92 bits per heavy atom. The first-order valence-corrected chi connectivity index (χ1v) is 8.40. The van der Waals surface area contributed by atoms with E-state index in [2.05, 4.69) is 37.8 Å². The number of anilines is 2. The standard InChI is InChI=1S/C17H27N7/c1-21(2)16-9-8-14(19-20-16)15-7-6-10-24(15)12-13-11-18-17(22(3)4)23(13)5/h8-9,11,15H,6-7,10,12H2,1-5H3. The maximum Gasteiger partial charge on any atom is 0.204 e. The molecule has 1 fully saturated rings. The molecular weight excluding hydrogens is 302 g/mol. The van der Waals surface area contributed by atoms with Crippen molar-refractivity contribution in [3.05, 3.63) is 29.7 Å². The van der Waals surface area contributed by atoms with Crippen LogP contribution < -0.4 is 9.80 Å². The van der Waals surface area contributed by atoms with Crippen molar-refractivity contribution in [1.29, 1.82) is 0 Å². The van der Waals surface area contributed by atoms with Crippen molar-refractivity contribution in [3.8, 4) is 0 Å². The predicted octanol–water partition coefficient (Wildman–Crippen LogP) is 1.68. The molecule has 0 radical (unpaired) electrons. The van der Waals surface area contributed by atoms with Crippen LogP contribution in [0.3, 0.4) is 0 Å². The van der Waals surface area contributed by atoms with Crippen LogP contribution in [-0.2, 0) is 13.6 Å². The number of imidazole rings is 1. The van der Waals surface area contributed by atoms with Crippen LogP contribution in [0.4, 0.5) is 11.8 Å². The van der Waals surface area contributed by atoms with Crippen LogP contribution in [0.1, 0.15) is 30.3 Å². The third-order valence-corrected chi connectivity index (χ3v) is 4.66. The smallest absolute Gasteiger partial charge is 0.204 e. The zero-order valence-corrected chi connectivity index (χ0v) is 15.3. The van der Waals surface area contributed by atoms with Gasteiger partial charge in [-0.25, -0.2) is 4.98 Å². The molecule has 130 valence electrons. The first kappa shape index (κ1) is 16.7. The van der Waals surface area contributed by atoms with Gasteiger partial charge in [-0.3, -0.25) is 4.90 Å². The lowest BCUT2D eigenvalue weighted by atomic mass is 10.1. The highest BCUT2D eigenvalue weighted by molar-refractivity contribution is 5.35. The topological polar surface area (TPSA) is 53.3 Å². The molecule has 2 aromatic rings. The van der Waals surface area contributed by atoms with Gasteiger partial charge in [0.05, 0.1) is 23.6 Å². The fourth-order valence-electron chi connectivity index (χ4n) is 3.31. The van der Waals surface area contributed by atoms with E-state index in [0.29, 0.717) is 6.04 Å². The molecule has 3 heterocycles. The molecule has 0 aromatic carbocycles. The van der Waals surface area contributed by atoms with E-state index in [4.69, 9.17) is 0 Å². The highest BCUT2D eigenvalue weighted by Crippen LogP contribution is 2.32. The van der Waals surface area contributed by atoms with E-state index in [1.54, 1.807) is 0 Å². The predicted molar refractivity (Wildman–Crippen MR) is 96.3 cm³/mol. The van der Waals surface area contributed by atoms with Gasteiger partial charge in [-0.05, 0) is 31.5 Å². The number of aromatic nitrogens is 4. The van der Waals surface area contributed by atoms with Gasteiger partial charge >= 0.3 is 0 Å². The lowest BCUT2D eigenvalue weighted by Gasteiger charge is -2.24. The maximum absolute atomic E-state index is 4.51. The molecule has 1 atom stereocenters. The molecule has 7 heteroatoms. The zero-order chi connectivity index (χ0) is 17.3. The Kier molecular flexibility index (Phi) is 4.71. The highest BCUT2D eigenvalue weighted by Gasteiger charge is 2.28. The van der Waals surface area contributed by atoms with Crippen molar-refractivity contribution >= 4 is 11.8 Å². The number of rotatable bonds is 5. The van der Waals surface area contributed by atoms with Crippen LogP contribution in [0, 0.1) is 0 Å². The molecule has 7 nitrogen and oxygen atoms in total. The largest absolute Gasteiger partial charge is 0.361 e. The van der Waals surface area contributed by atoms with Gasteiger partial charge in [0, 0.05) is 41.8 Å². The summed E-state index contributed by atoms with van der Waals surface area (Å²) in [5.74, 6) is 1.88. The van der Waals surface area contributed by atoms with Crippen molar-refractivity contribution in [2.45, 2.75) is 25.4 Å². The fourth-order valence-corrected chi connectivity index (χ4v) is 3.31. The third-order valence-electron chi connectivity index (χ3n) is 4.66. The molecule has 3 rings (SSSR count). The Morgan fingerprint density at radius 3 is 2.50 bits per heavy atom. The highest BCUT2D eigenvalue weighted by atomic mass is 15.3. The molecule has 24 heavy (non-hydrogen) atoms. The summed E-state index contributed by atoms with van der Waals surface area (Å²) in [7, 11) is 10.1. The summed E-state index contributed by atoms with van der Waals surface area (Å²) in [6.45, 7) is 1.98. The first-order chi connectivity index (χ1) is 11.5. The molecule has 0 N–H and O–H groups in total. The van der Waals surface area contributed by atoms with E-state index in [-0.39, 0.29) is 0 Å². The average molecular weight is 329 g/mol. The van der Waals surface area contributed by atoms with Gasteiger partial charge in [-0.15, -0.1) is 5.10 Å². The van der Waals surface area contributed by atoms with E-state index >= 15 is 0 Å². The minimum absolute atomic E-state index is 0.339. The molecule has 2 aromatic heterocycles. The van der Waals surface area contributed by atoms with Crippen molar-refractivity contribution in [2.24, 2.45) is 7.05 Å². The second-order valence-corrected chi connectivity index (χ2v) is 6.84. The van der Waals surface area contributed by atoms with E-state index in [1.807, 2.05) is 50.3 Å². The van der Waals surface area contributed by atoms with Gasteiger partial charge in [0.2, 0.25) is 5.95 Å². The van der Waals surface area contributed by atoms with E-state index < -0.39 is 0 Å². The van der Waals surface area contributed by atoms with Gasteiger partial charge in [-0.1, -0.05) is 0 Å². The Hall–Kier alpha value is -2.15. The molecule has 0 aliphatic carbocycles. The summed E-state index contributed by atoms with van der Waals surface area (Å²) < 4.78 is 2.16. The van der Waals surface area contributed by atoms with E-state index in [0.717, 1.165) is 37.0 Å². The first-order valence-electron chi connectivity index (χ1n) is 8.40. The minimum atomic E-state index is 0.339. The summed E-state index contributed by atoms with van der Waals surface area (Å²) >= 11 is 0. The van der Waals surface area contributed by atoms with Crippen LogP contribution in [0.15, 0.2) is 18.3 Å². The van der Waals surface area contributed by atoms with E-state index in [1.165, 1.54) is 12.1 Å². The SMILES string of the molecule is CN(C)c1ccc(C2CCCN2Cc2cnc(N(C)C)n2C)nn1. The average Bonchev–Trinajstić information content (AvgIpc) is 3.15. The van der Waals surface area contributed by atoms with Crippen LogP contribution in [-0.4, -0.2) is 59.4 Å². The van der Waals surface area contributed by atoms with Gasteiger partial charge in [0.15, 0.2) is 5.82 Å². The van der Waals surface area contributed by atoms with Crippen LogP contribution >= 0.6 is 0 Å². The summed E-state index contributed by atoms with van der Waals surface area (Å²) in [4.78, 5) is 11.0. The van der Waals surface area contributed by atoms with Crippen LogP contribution in [0.2, 0.25) is 0 Å². The minimum Gasteiger partial charge on any atom is -0.361 e. The molecule has 0 amide bonds. The molecule has 0 bridgehead atoms. The van der Waals surface area contributed by atoms with Crippen molar-refractivity contribution < 1.29 is 0 Å². The van der Waals surface area contributed by atoms with E-state index in [9.17, 15) is 0 Å². The Bertz CT molecular complexity index is 675. The van der Waals surface area contributed by atoms with Gasteiger partial charge in [-0.2, -0.15) is 5.10 Å². The van der Waals surface area contributed by atoms with Gasteiger partial charge in [0.25, 0.3) is 0 Å². The summed E-state index contributed by atoms with van der Waals surface area (Å²) in [5.41, 5.74) is 2.29. The second kappa shape index (κ2) is 6.76. The molecule has 0 spiro atoms. The zero-order valence-electron chi connectivity index (χ0n) is 15.3. The molecular formula is C17H27N7.